The third kappa shape index (κ3) is 6.18. The molecule has 1 N–H and O–H groups in total. The number of pyridine rings is 1. The maximum Gasteiger partial charge on any atom is 0.264 e. The molecule has 204 valence electrons. The van der Waals surface area contributed by atoms with Gasteiger partial charge in [0.05, 0.1) is 11.5 Å². The van der Waals surface area contributed by atoms with Crippen LogP contribution in [-0.2, 0) is 6.54 Å². The SMILES string of the molecule is CCOc1ccc(-c2ccc(C)nc2)cc1CN(CC1CCC(NC)CC1)C(=O)c1sc2ccccc2c1C. The van der Waals surface area contributed by atoms with Crippen molar-refractivity contribution in [2.24, 2.45) is 5.92 Å². The van der Waals surface area contributed by atoms with Crippen LogP contribution in [0.25, 0.3) is 21.2 Å². The molecule has 2 aromatic heterocycles. The Morgan fingerprint density at radius 3 is 2.51 bits per heavy atom. The van der Waals surface area contributed by atoms with Crippen LogP contribution in [0.4, 0.5) is 0 Å². The molecular weight excluding hydrogens is 502 g/mol. The summed E-state index contributed by atoms with van der Waals surface area (Å²) >= 11 is 1.61. The molecule has 2 aromatic carbocycles. The minimum Gasteiger partial charge on any atom is -0.494 e. The molecule has 4 aromatic rings. The van der Waals surface area contributed by atoms with E-state index in [0.29, 0.717) is 25.1 Å². The fourth-order valence-electron chi connectivity index (χ4n) is 5.71. The van der Waals surface area contributed by atoms with Gasteiger partial charge in [0.25, 0.3) is 5.91 Å². The smallest absolute Gasteiger partial charge is 0.264 e. The number of hydrogen-bond acceptors (Lipinski definition) is 5. The van der Waals surface area contributed by atoms with Crippen molar-refractivity contribution in [2.45, 2.75) is 59.0 Å². The molecule has 1 fully saturated rings. The number of thiophene rings is 1. The fraction of sp³-hybridized carbons (Fsp3) is 0.394. The van der Waals surface area contributed by atoms with Gasteiger partial charge in [-0.3, -0.25) is 9.78 Å². The molecule has 1 saturated carbocycles. The van der Waals surface area contributed by atoms with Gasteiger partial charge in [0.2, 0.25) is 0 Å². The molecule has 6 heteroatoms. The Balaban J connectivity index is 1.49. The highest BCUT2D eigenvalue weighted by atomic mass is 32.1. The fourth-order valence-corrected chi connectivity index (χ4v) is 6.89. The topological polar surface area (TPSA) is 54.5 Å². The molecule has 0 saturated heterocycles. The zero-order valence-corrected chi connectivity index (χ0v) is 24.3. The van der Waals surface area contributed by atoms with Gasteiger partial charge in [-0.15, -0.1) is 11.3 Å². The zero-order chi connectivity index (χ0) is 27.4. The molecule has 5 nitrogen and oxygen atoms in total. The quantitative estimate of drug-likeness (QED) is 0.240. The van der Waals surface area contributed by atoms with Crippen LogP contribution in [0.3, 0.4) is 0 Å². The summed E-state index contributed by atoms with van der Waals surface area (Å²) in [6, 6.07) is 19.3. The van der Waals surface area contributed by atoms with E-state index in [0.717, 1.165) is 75.5 Å². The van der Waals surface area contributed by atoms with E-state index in [9.17, 15) is 4.79 Å². The van der Waals surface area contributed by atoms with E-state index < -0.39 is 0 Å². The van der Waals surface area contributed by atoms with E-state index in [2.05, 4.69) is 59.5 Å². The van der Waals surface area contributed by atoms with Crippen LogP contribution in [0.2, 0.25) is 0 Å². The highest BCUT2D eigenvalue weighted by Gasteiger charge is 2.28. The second kappa shape index (κ2) is 12.3. The number of nitrogens with one attached hydrogen (secondary N) is 1. The molecule has 0 spiro atoms. The maximum atomic E-state index is 14.3. The summed E-state index contributed by atoms with van der Waals surface area (Å²) in [4.78, 5) is 21.7. The number of benzene rings is 2. The highest BCUT2D eigenvalue weighted by Crippen LogP contribution is 2.34. The number of rotatable bonds is 9. The second-order valence-corrected chi connectivity index (χ2v) is 11.7. The van der Waals surface area contributed by atoms with Crippen molar-refractivity contribution in [1.29, 1.82) is 0 Å². The van der Waals surface area contributed by atoms with Crippen molar-refractivity contribution in [3.63, 3.8) is 0 Å². The zero-order valence-electron chi connectivity index (χ0n) is 23.5. The van der Waals surface area contributed by atoms with Gasteiger partial charge in [-0.2, -0.15) is 0 Å². The first-order valence-corrected chi connectivity index (χ1v) is 14.9. The highest BCUT2D eigenvalue weighted by molar-refractivity contribution is 7.21. The van der Waals surface area contributed by atoms with Crippen LogP contribution >= 0.6 is 11.3 Å². The molecule has 0 aliphatic heterocycles. The lowest BCUT2D eigenvalue weighted by molar-refractivity contribution is 0.0697. The van der Waals surface area contributed by atoms with E-state index in [1.165, 1.54) is 5.39 Å². The number of aryl methyl sites for hydroxylation is 2. The Labute approximate surface area is 236 Å². The number of amides is 1. The van der Waals surface area contributed by atoms with Gasteiger partial charge in [0, 0.05) is 46.8 Å². The summed E-state index contributed by atoms with van der Waals surface area (Å²) in [6.45, 7) is 7.93. The summed E-state index contributed by atoms with van der Waals surface area (Å²) in [5.41, 5.74) is 5.25. The van der Waals surface area contributed by atoms with Gasteiger partial charge in [-0.1, -0.05) is 30.3 Å². The molecule has 0 bridgehead atoms. The van der Waals surface area contributed by atoms with Gasteiger partial charge in [-0.05, 0) is 100 Å². The minimum atomic E-state index is 0.120. The summed E-state index contributed by atoms with van der Waals surface area (Å²) < 4.78 is 7.23. The van der Waals surface area contributed by atoms with Crippen molar-refractivity contribution in [2.75, 3.05) is 20.2 Å². The lowest BCUT2D eigenvalue weighted by atomic mass is 9.85. The van der Waals surface area contributed by atoms with Crippen molar-refractivity contribution in [1.82, 2.24) is 15.2 Å². The molecule has 1 aliphatic rings. The first-order valence-electron chi connectivity index (χ1n) is 14.1. The van der Waals surface area contributed by atoms with Gasteiger partial charge >= 0.3 is 0 Å². The van der Waals surface area contributed by atoms with Gasteiger partial charge in [0.15, 0.2) is 0 Å². The standard InChI is InChI=1S/C33H39N3O2S/c1-5-38-30-17-14-25(26-13-10-22(2)35-19-26)18-27(30)21-36(20-24-11-15-28(34-4)16-12-24)33(37)32-23(3)29-8-6-7-9-31(29)39-32/h6-10,13-14,17-19,24,28,34H,5,11-12,15-16,20-21H2,1-4H3. The summed E-state index contributed by atoms with van der Waals surface area (Å²) in [7, 11) is 2.05. The number of carbonyl (C=O) groups is 1. The number of fused-ring (bicyclic) bond motifs is 1. The van der Waals surface area contributed by atoms with Crippen molar-refractivity contribution < 1.29 is 9.53 Å². The largest absolute Gasteiger partial charge is 0.494 e. The van der Waals surface area contributed by atoms with Crippen molar-refractivity contribution in [3.05, 3.63) is 82.5 Å². The van der Waals surface area contributed by atoms with Gasteiger partial charge in [-0.25, -0.2) is 0 Å². The number of carbonyl (C=O) groups excluding carboxylic acids is 1. The third-order valence-corrected chi connectivity index (χ3v) is 9.29. The summed E-state index contributed by atoms with van der Waals surface area (Å²) in [5, 5.41) is 4.61. The molecular formula is C33H39N3O2S. The third-order valence-electron chi connectivity index (χ3n) is 8.02. The van der Waals surface area contributed by atoms with Crippen LogP contribution < -0.4 is 10.1 Å². The molecule has 5 rings (SSSR count). The molecule has 1 amide bonds. The predicted octanol–water partition coefficient (Wildman–Crippen LogP) is 7.40. The maximum absolute atomic E-state index is 14.3. The van der Waals surface area contributed by atoms with E-state index in [4.69, 9.17) is 4.74 Å². The molecule has 0 atom stereocenters. The number of aromatic nitrogens is 1. The van der Waals surface area contributed by atoms with Crippen LogP contribution in [-0.4, -0.2) is 42.0 Å². The normalized spacial score (nSPS) is 17.3. The average Bonchev–Trinajstić information content (AvgIpc) is 3.30. The second-order valence-electron chi connectivity index (χ2n) is 10.7. The first kappa shape index (κ1) is 27.4. The Bertz CT molecular complexity index is 1420. The molecule has 0 radical (unpaired) electrons. The summed E-state index contributed by atoms with van der Waals surface area (Å²) in [5.74, 6) is 1.45. The van der Waals surface area contributed by atoms with Crippen LogP contribution in [0.1, 0.15) is 59.1 Å². The van der Waals surface area contributed by atoms with Gasteiger partial charge < -0.3 is 15.0 Å². The molecule has 1 aliphatic carbocycles. The molecule has 39 heavy (non-hydrogen) atoms. The van der Waals surface area contributed by atoms with E-state index in [-0.39, 0.29) is 5.91 Å². The van der Waals surface area contributed by atoms with Crippen LogP contribution in [0.15, 0.2) is 60.8 Å². The lowest BCUT2D eigenvalue weighted by Gasteiger charge is -2.33. The molecule has 2 heterocycles. The molecule has 0 unspecified atom stereocenters. The van der Waals surface area contributed by atoms with E-state index in [1.54, 1.807) is 11.3 Å². The lowest BCUT2D eigenvalue weighted by Crippen LogP contribution is -2.38. The number of ether oxygens (including phenoxy) is 1. The number of hydrogen-bond donors (Lipinski definition) is 1. The minimum absolute atomic E-state index is 0.120. The Morgan fingerprint density at radius 1 is 1.05 bits per heavy atom. The van der Waals surface area contributed by atoms with E-state index in [1.807, 2.05) is 44.3 Å². The van der Waals surface area contributed by atoms with Crippen LogP contribution in [0.5, 0.6) is 5.75 Å². The van der Waals surface area contributed by atoms with Crippen LogP contribution in [0, 0.1) is 19.8 Å². The predicted molar refractivity (Wildman–Crippen MR) is 162 cm³/mol. The van der Waals surface area contributed by atoms with Crippen molar-refractivity contribution >= 4 is 27.3 Å². The number of nitrogens with zero attached hydrogens (tertiary/aromatic N) is 2. The van der Waals surface area contributed by atoms with Gasteiger partial charge in [0.1, 0.15) is 5.75 Å². The van der Waals surface area contributed by atoms with Crippen molar-refractivity contribution in [3.8, 4) is 16.9 Å². The monoisotopic (exact) mass is 541 g/mol. The Hall–Kier alpha value is -3.22. The van der Waals surface area contributed by atoms with E-state index >= 15 is 0 Å². The average molecular weight is 542 g/mol. The first-order chi connectivity index (χ1) is 19.0. The summed E-state index contributed by atoms with van der Waals surface area (Å²) in [6.07, 6.45) is 6.50. The Kier molecular flexibility index (Phi) is 8.63. The Morgan fingerprint density at radius 2 is 1.82 bits per heavy atom.